The first kappa shape index (κ1) is 18.4. The number of hydrogen-bond donors (Lipinski definition) is 2. The van der Waals surface area contributed by atoms with Crippen molar-refractivity contribution in [3.8, 4) is 5.75 Å². The standard InChI is InChI=1S/C21H20FN3O2/c1-27-19-8-6-18(7-9-19)25-21(26)16-11-13-24-20(14-16)23-12-10-15-2-4-17(22)5-3-15/h2-9,11,13-14H,10,12H2,1H3,(H,23,24)(H,25,26). The first-order chi connectivity index (χ1) is 13.1. The Labute approximate surface area is 157 Å². The number of anilines is 2. The summed E-state index contributed by atoms with van der Waals surface area (Å²) >= 11 is 0. The molecule has 0 saturated carbocycles. The van der Waals surface area contributed by atoms with Gasteiger partial charge in [0.2, 0.25) is 0 Å². The predicted molar refractivity (Wildman–Crippen MR) is 104 cm³/mol. The molecule has 1 aromatic heterocycles. The first-order valence-electron chi connectivity index (χ1n) is 8.54. The van der Waals surface area contributed by atoms with E-state index < -0.39 is 0 Å². The fourth-order valence-electron chi connectivity index (χ4n) is 2.53. The van der Waals surface area contributed by atoms with Crippen LogP contribution >= 0.6 is 0 Å². The second-order valence-corrected chi connectivity index (χ2v) is 5.92. The summed E-state index contributed by atoms with van der Waals surface area (Å²) in [5.74, 6) is 0.872. The van der Waals surface area contributed by atoms with E-state index in [4.69, 9.17) is 4.74 Å². The van der Waals surface area contributed by atoms with E-state index in [9.17, 15) is 9.18 Å². The van der Waals surface area contributed by atoms with E-state index in [1.165, 1.54) is 12.1 Å². The van der Waals surface area contributed by atoms with E-state index >= 15 is 0 Å². The lowest BCUT2D eigenvalue weighted by Gasteiger charge is -2.09. The van der Waals surface area contributed by atoms with Gasteiger partial charge in [-0.3, -0.25) is 4.79 Å². The molecule has 6 heteroatoms. The van der Waals surface area contributed by atoms with Gasteiger partial charge in [-0.05, 0) is 60.5 Å². The lowest BCUT2D eigenvalue weighted by Crippen LogP contribution is -2.13. The molecule has 5 nitrogen and oxygen atoms in total. The number of nitrogens with zero attached hydrogens (tertiary/aromatic N) is 1. The number of carbonyl (C=O) groups excluding carboxylic acids is 1. The maximum absolute atomic E-state index is 12.9. The van der Waals surface area contributed by atoms with Gasteiger partial charge in [0.25, 0.3) is 5.91 Å². The molecule has 0 saturated heterocycles. The molecule has 0 unspecified atom stereocenters. The van der Waals surface area contributed by atoms with Crippen LogP contribution in [0.2, 0.25) is 0 Å². The van der Waals surface area contributed by atoms with Crippen LogP contribution in [0.5, 0.6) is 5.75 Å². The molecule has 0 aliphatic rings. The van der Waals surface area contributed by atoms with Crippen LogP contribution in [-0.4, -0.2) is 24.5 Å². The largest absolute Gasteiger partial charge is 0.497 e. The molecule has 1 amide bonds. The minimum atomic E-state index is -0.246. The van der Waals surface area contributed by atoms with Crippen molar-refractivity contribution in [3.05, 3.63) is 83.8 Å². The van der Waals surface area contributed by atoms with Gasteiger partial charge in [0.15, 0.2) is 0 Å². The minimum absolute atomic E-state index is 0.218. The summed E-state index contributed by atoms with van der Waals surface area (Å²) in [6, 6.07) is 16.9. The number of aromatic nitrogens is 1. The second-order valence-electron chi connectivity index (χ2n) is 5.92. The molecule has 3 aromatic rings. The van der Waals surface area contributed by atoms with Crippen molar-refractivity contribution in [1.82, 2.24) is 4.98 Å². The maximum Gasteiger partial charge on any atom is 0.255 e. The highest BCUT2D eigenvalue weighted by atomic mass is 19.1. The highest BCUT2D eigenvalue weighted by molar-refractivity contribution is 6.04. The maximum atomic E-state index is 12.9. The molecule has 0 radical (unpaired) electrons. The smallest absolute Gasteiger partial charge is 0.255 e. The first-order valence-corrected chi connectivity index (χ1v) is 8.54. The fourth-order valence-corrected chi connectivity index (χ4v) is 2.53. The van der Waals surface area contributed by atoms with Gasteiger partial charge in [0.05, 0.1) is 7.11 Å². The number of carbonyl (C=O) groups is 1. The number of pyridine rings is 1. The van der Waals surface area contributed by atoms with Crippen LogP contribution in [0.3, 0.4) is 0 Å². The van der Waals surface area contributed by atoms with Gasteiger partial charge < -0.3 is 15.4 Å². The van der Waals surface area contributed by atoms with Crippen molar-refractivity contribution >= 4 is 17.4 Å². The third kappa shape index (κ3) is 5.28. The van der Waals surface area contributed by atoms with Crippen LogP contribution < -0.4 is 15.4 Å². The van der Waals surface area contributed by atoms with Gasteiger partial charge >= 0.3 is 0 Å². The second kappa shape index (κ2) is 8.80. The Morgan fingerprint density at radius 2 is 1.81 bits per heavy atom. The fraction of sp³-hybridized carbons (Fsp3) is 0.143. The highest BCUT2D eigenvalue weighted by Crippen LogP contribution is 2.16. The van der Waals surface area contributed by atoms with Crippen molar-refractivity contribution in [3.63, 3.8) is 0 Å². The van der Waals surface area contributed by atoms with E-state index in [-0.39, 0.29) is 11.7 Å². The van der Waals surface area contributed by atoms with Crippen LogP contribution in [-0.2, 0) is 6.42 Å². The Balaban J connectivity index is 1.57. The van der Waals surface area contributed by atoms with Gasteiger partial charge in [-0.1, -0.05) is 12.1 Å². The van der Waals surface area contributed by atoms with Crippen LogP contribution in [0.1, 0.15) is 15.9 Å². The predicted octanol–water partition coefficient (Wildman–Crippen LogP) is 4.14. The molecule has 138 valence electrons. The number of amides is 1. The lowest BCUT2D eigenvalue weighted by molar-refractivity contribution is 0.102. The molecule has 0 fully saturated rings. The van der Waals surface area contributed by atoms with Gasteiger partial charge in [0.1, 0.15) is 17.4 Å². The Morgan fingerprint density at radius 1 is 1.07 bits per heavy atom. The minimum Gasteiger partial charge on any atom is -0.497 e. The quantitative estimate of drug-likeness (QED) is 0.661. The molecular weight excluding hydrogens is 345 g/mol. The van der Waals surface area contributed by atoms with Crippen molar-refractivity contribution < 1.29 is 13.9 Å². The van der Waals surface area contributed by atoms with E-state index in [0.29, 0.717) is 23.6 Å². The molecule has 0 atom stereocenters. The molecule has 0 aliphatic carbocycles. The van der Waals surface area contributed by atoms with Crippen LogP contribution in [0.15, 0.2) is 66.9 Å². The Hall–Kier alpha value is -3.41. The molecule has 1 heterocycles. The number of ether oxygens (including phenoxy) is 1. The number of benzene rings is 2. The summed E-state index contributed by atoms with van der Waals surface area (Å²) in [7, 11) is 1.59. The topological polar surface area (TPSA) is 63.2 Å². The summed E-state index contributed by atoms with van der Waals surface area (Å²) in [6.07, 6.45) is 2.31. The van der Waals surface area contributed by atoms with Crippen LogP contribution in [0.25, 0.3) is 0 Å². The number of rotatable bonds is 7. The van der Waals surface area contributed by atoms with Gasteiger partial charge in [-0.25, -0.2) is 9.37 Å². The molecular formula is C21H20FN3O2. The number of methoxy groups -OCH3 is 1. The van der Waals surface area contributed by atoms with E-state index in [2.05, 4.69) is 15.6 Å². The number of hydrogen-bond acceptors (Lipinski definition) is 4. The van der Waals surface area contributed by atoms with Gasteiger partial charge in [-0.15, -0.1) is 0 Å². The summed E-state index contributed by atoms with van der Waals surface area (Å²) in [5.41, 5.74) is 2.21. The van der Waals surface area contributed by atoms with Crippen molar-refractivity contribution in [2.24, 2.45) is 0 Å². The third-order valence-corrected chi connectivity index (χ3v) is 4.00. The van der Waals surface area contributed by atoms with E-state index in [0.717, 1.165) is 17.7 Å². The number of nitrogens with one attached hydrogen (secondary N) is 2. The molecule has 27 heavy (non-hydrogen) atoms. The molecule has 0 bridgehead atoms. The van der Waals surface area contributed by atoms with Crippen LogP contribution in [0.4, 0.5) is 15.9 Å². The average Bonchev–Trinajstić information content (AvgIpc) is 2.70. The highest BCUT2D eigenvalue weighted by Gasteiger charge is 2.08. The monoisotopic (exact) mass is 365 g/mol. The molecule has 3 rings (SSSR count). The average molecular weight is 365 g/mol. The van der Waals surface area contributed by atoms with Crippen molar-refractivity contribution in [1.29, 1.82) is 0 Å². The zero-order chi connectivity index (χ0) is 19.1. The molecule has 2 aromatic carbocycles. The Morgan fingerprint density at radius 3 is 2.52 bits per heavy atom. The van der Waals surface area contributed by atoms with Crippen LogP contribution in [0, 0.1) is 5.82 Å². The summed E-state index contributed by atoms with van der Waals surface area (Å²) in [6.45, 7) is 0.627. The van der Waals surface area contributed by atoms with Crippen molar-refractivity contribution in [2.75, 3.05) is 24.3 Å². The van der Waals surface area contributed by atoms with E-state index in [1.54, 1.807) is 61.8 Å². The Kier molecular flexibility index (Phi) is 5.99. The summed E-state index contributed by atoms with van der Waals surface area (Å²) in [4.78, 5) is 16.6. The van der Waals surface area contributed by atoms with Gasteiger partial charge in [-0.2, -0.15) is 0 Å². The third-order valence-electron chi connectivity index (χ3n) is 4.00. The molecule has 0 spiro atoms. The zero-order valence-electron chi connectivity index (χ0n) is 14.9. The van der Waals surface area contributed by atoms with Gasteiger partial charge in [0, 0.05) is 24.0 Å². The van der Waals surface area contributed by atoms with Crippen molar-refractivity contribution in [2.45, 2.75) is 6.42 Å². The lowest BCUT2D eigenvalue weighted by atomic mass is 10.1. The summed E-state index contributed by atoms with van der Waals surface area (Å²) in [5, 5.41) is 6.02. The van der Waals surface area contributed by atoms with E-state index in [1.807, 2.05) is 0 Å². The zero-order valence-corrected chi connectivity index (χ0v) is 14.9. The molecule has 0 aliphatic heterocycles. The molecule has 2 N–H and O–H groups in total. The number of halogens is 1. The Bertz CT molecular complexity index is 896. The SMILES string of the molecule is COc1ccc(NC(=O)c2ccnc(NCCc3ccc(F)cc3)c2)cc1. The normalized spacial score (nSPS) is 10.3. The summed E-state index contributed by atoms with van der Waals surface area (Å²) < 4.78 is 18.0.